The minimum absolute atomic E-state index is 0.139. The maximum atomic E-state index is 13.7. The second-order valence-electron chi connectivity index (χ2n) is 5.15. The predicted octanol–water partition coefficient (Wildman–Crippen LogP) is 3.11. The zero-order valence-corrected chi connectivity index (χ0v) is 11.1. The SMILES string of the molecule is Nc1cccc2c1CCN(Cc1c(F)cccc1F)C2. The van der Waals surface area contributed by atoms with Crippen LogP contribution in [0.25, 0.3) is 0 Å². The van der Waals surface area contributed by atoms with Crippen LogP contribution in [0.4, 0.5) is 14.5 Å². The van der Waals surface area contributed by atoms with Crippen molar-refractivity contribution in [1.82, 2.24) is 4.90 Å². The van der Waals surface area contributed by atoms with E-state index in [-0.39, 0.29) is 12.1 Å². The minimum atomic E-state index is -0.483. The van der Waals surface area contributed by atoms with Crippen molar-refractivity contribution in [3.8, 4) is 0 Å². The summed E-state index contributed by atoms with van der Waals surface area (Å²) in [6.07, 6.45) is 0.818. The van der Waals surface area contributed by atoms with Crippen molar-refractivity contribution in [2.45, 2.75) is 19.5 Å². The lowest BCUT2D eigenvalue weighted by Gasteiger charge is -2.29. The Bertz CT molecular complexity index is 620. The molecule has 20 heavy (non-hydrogen) atoms. The average molecular weight is 274 g/mol. The van der Waals surface area contributed by atoms with Crippen molar-refractivity contribution in [3.05, 3.63) is 64.7 Å². The Kier molecular flexibility index (Phi) is 3.40. The zero-order chi connectivity index (χ0) is 14.1. The largest absolute Gasteiger partial charge is 0.398 e. The molecule has 0 aliphatic carbocycles. The summed E-state index contributed by atoms with van der Waals surface area (Å²) >= 11 is 0. The quantitative estimate of drug-likeness (QED) is 0.853. The molecule has 0 unspecified atom stereocenters. The number of fused-ring (bicyclic) bond motifs is 1. The molecule has 2 N–H and O–H groups in total. The molecule has 1 aliphatic rings. The van der Waals surface area contributed by atoms with Crippen LogP contribution >= 0.6 is 0 Å². The highest BCUT2D eigenvalue weighted by atomic mass is 19.1. The highest BCUT2D eigenvalue weighted by Gasteiger charge is 2.20. The Morgan fingerprint density at radius 2 is 1.75 bits per heavy atom. The summed E-state index contributed by atoms with van der Waals surface area (Å²) in [4.78, 5) is 2.04. The van der Waals surface area contributed by atoms with Crippen LogP contribution in [0, 0.1) is 11.6 Å². The lowest BCUT2D eigenvalue weighted by molar-refractivity contribution is 0.238. The predicted molar refractivity (Wildman–Crippen MR) is 75.0 cm³/mol. The summed E-state index contributed by atoms with van der Waals surface area (Å²) in [5, 5.41) is 0. The van der Waals surface area contributed by atoms with Crippen molar-refractivity contribution < 1.29 is 8.78 Å². The molecule has 0 fully saturated rings. The monoisotopic (exact) mass is 274 g/mol. The number of hydrogen-bond acceptors (Lipinski definition) is 2. The van der Waals surface area contributed by atoms with Crippen molar-refractivity contribution in [2.75, 3.05) is 12.3 Å². The van der Waals surface area contributed by atoms with Crippen LogP contribution in [0.2, 0.25) is 0 Å². The van der Waals surface area contributed by atoms with E-state index in [4.69, 9.17) is 5.73 Å². The van der Waals surface area contributed by atoms with Crippen LogP contribution in [0.1, 0.15) is 16.7 Å². The van der Waals surface area contributed by atoms with Crippen molar-refractivity contribution in [3.63, 3.8) is 0 Å². The number of anilines is 1. The third-order valence-electron chi connectivity index (χ3n) is 3.82. The smallest absolute Gasteiger partial charge is 0.130 e. The zero-order valence-electron chi connectivity index (χ0n) is 11.1. The van der Waals surface area contributed by atoms with Crippen molar-refractivity contribution in [1.29, 1.82) is 0 Å². The van der Waals surface area contributed by atoms with E-state index in [1.54, 1.807) is 0 Å². The number of rotatable bonds is 2. The average Bonchev–Trinajstić information content (AvgIpc) is 2.43. The fourth-order valence-corrected chi connectivity index (χ4v) is 2.74. The van der Waals surface area contributed by atoms with E-state index >= 15 is 0 Å². The van der Waals surface area contributed by atoms with Gasteiger partial charge in [0.05, 0.1) is 0 Å². The summed E-state index contributed by atoms with van der Waals surface area (Å²) in [5.41, 5.74) is 9.20. The molecule has 0 amide bonds. The van der Waals surface area contributed by atoms with Gasteiger partial charge in [-0.25, -0.2) is 8.78 Å². The molecular formula is C16H16F2N2. The number of benzene rings is 2. The first-order chi connectivity index (χ1) is 9.65. The van der Waals surface area contributed by atoms with Gasteiger partial charge in [-0.15, -0.1) is 0 Å². The van der Waals surface area contributed by atoms with E-state index in [0.717, 1.165) is 29.8 Å². The second-order valence-corrected chi connectivity index (χ2v) is 5.15. The van der Waals surface area contributed by atoms with Gasteiger partial charge in [-0.3, -0.25) is 4.90 Å². The molecule has 1 aliphatic heterocycles. The minimum Gasteiger partial charge on any atom is -0.398 e. The summed E-state index contributed by atoms with van der Waals surface area (Å²) in [6, 6.07) is 9.82. The maximum Gasteiger partial charge on any atom is 0.130 e. The topological polar surface area (TPSA) is 29.3 Å². The van der Waals surface area contributed by atoms with E-state index < -0.39 is 11.6 Å². The second kappa shape index (κ2) is 5.21. The first kappa shape index (κ1) is 13.1. The molecule has 1 heterocycles. The third-order valence-corrected chi connectivity index (χ3v) is 3.82. The summed E-state index contributed by atoms with van der Waals surface area (Å²) in [6.45, 7) is 1.72. The standard InChI is InChI=1S/C16H16F2N2/c17-14-4-2-5-15(18)13(14)10-20-8-7-12-11(9-20)3-1-6-16(12)19/h1-6H,7-10,19H2. The normalized spacial score (nSPS) is 15.1. The van der Waals surface area contributed by atoms with Gasteiger partial charge in [0, 0.05) is 30.9 Å². The number of nitrogens with two attached hydrogens (primary N) is 1. The lowest BCUT2D eigenvalue weighted by atomic mass is 9.97. The fraction of sp³-hybridized carbons (Fsp3) is 0.250. The molecule has 0 aromatic heterocycles. The number of halogens is 2. The van der Waals surface area contributed by atoms with Crippen molar-refractivity contribution >= 4 is 5.69 Å². The molecule has 104 valence electrons. The fourth-order valence-electron chi connectivity index (χ4n) is 2.74. The molecule has 0 radical (unpaired) electrons. The highest BCUT2D eigenvalue weighted by molar-refractivity contribution is 5.51. The number of hydrogen-bond donors (Lipinski definition) is 1. The first-order valence-corrected chi connectivity index (χ1v) is 6.66. The lowest BCUT2D eigenvalue weighted by Crippen LogP contribution is -2.31. The molecule has 0 bridgehead atoms. The Labute approximate surface area is 116 Å². The van der Waals surface area contributed by atoms with Gasteiger partial charge >= 0.3 is 0 Å². The molecule has 2 aromatic rings. The summed E-state index contributed by atoms with van der Waals surface area (Å²) in [7, 11) is 0. The van der Waals surface area contributed by atoms with Gasteiger partial charge in [-0.2, -0.15) is 0 Å². The third kappa shape index (κ3) is 2.39. The molecule has 0 spiro atoms. The van der Waals surface area contributed by atoms with Crippen LogP contribution in [-0.4, -0.2) is 11.4 Å². The highest BCUT2D eigenvalue weighted by Crippen LogP contribution is 2.25. The molecule has 4 heteroatoms. The Morgan fingerprint density at radius 1 is 1.05 bits per heavy atom. The van der Waals surface area contributed by atoms with E-state index in [2.05, 4.69) is 0 Å². The van der Waals surface area contributed by atoms with E-state index in [1.807, 2.05) is 23.1 Å². The van der Waals surface area contributed by atoms with E-state index in [0.29, 0.717) is 6.54 Å². The van der Waals surface area contributed by atoms with E-state index in [9.17, 15) is 8.78 Å². The van der Waals surface area contributed by atoms with Crippen LogP contribution in [0.15, 0.2) is 36.4 Å². The van der Waals surface area contributed by atoms with Crippen molar-refractivity contribution in [2.24, 2.45) is 0 Å². The van der Waals surface area contributed by atoms with Gasteiger partial charge in [0.1, 0.15) is 11.6 Å². The van der Waals surface area contributed by atoms with Gasteiger partial charge < -0.3 is 5.73 Å². The number of nitrogens with zero attached hydrogens (tertiary/aromatic N) is 1. The molecule has 0 saturated carbocycles. The van der Waals surface area contributed by atoms with E-state index in [1.165, 1.54) is 18.2 Å². The Morgan fingerprint density at radius 3 is 2.50 bits per heavy atom. The van der Waals surface area contributed by atoms with Gasteiger partial charge in [0.25, 0.3) is 0 Å². The van der Waals surface area contributed by atoms with Crippen LogP contribution < -0.4 is 5.73 Å². The number of nitrogen functional groups attached to an aromatic ring is 1. The van der Waals surface area contributed by atoms with Gasteiger partial charge in [-0.05, 0) is 35.7 Å². The van der Waals surface area contributed by atoms with Crippen LogP contribution in [0.5, 0.6) is 0 Å². The molecule has 0 atom stereocenters. The molecule has 2 nitrogen and oxygen atoms in total. The first-order valence-electron chi connectivity index (χ1n) is 6.66. The Balaban J connectivity index is 1.81. The van der Waals surface area contributed by atoms with Gasteiger partial charge in [0.2, 0.25) is 0 Å². The summed E-state index contributed by atoms with van der Waals surface area (Å²) < 4.78 is 27.4. The maximum absolute atomic E-state index is 13.7. The molecule has 2 aromatic carbocycles. The van der Waals surface area contributed by atoms with Gasteiger partial charge in [-0.1, -0.05) is 18.2 Å². The summed E-state index contributed by atoms with van der Waals surface area (Å²) in [5.74, 6) is -0.966. The Hall–Kier alpha value is -1.94. The van der Waals surface area contributed by atoms with Crippen LogP contribution in [-0.2, 0) is 19.5 Å². The molecule has 0 saturated heterocycles. The molecular weight excluding hydrogens is 258 g/mol. The molecule has 3 rings (SSSR count). The van der Waals surface area contributed by atoms with Crippen LogP contribution in [0.3, 0.4) is 0 Å². The van der Waals surface area contributed by atoms with Gasteiger partial charge in [0.15, 0.2) is 0 Å².